The van der Waals surface area contributed by atoms with Crippen LogP contribution in [-0.4, -0.2) is 33.4 Å². The van der Waals surface area contributed by atoms with Gasteiger partial charge in [-0.15, -0.1) is 11.3 Å². The summed E-state index contributed by atoms with van der Waals surface area (Å²) in [5, 5.41) is 8.63. The van der Waals surface area contributed by atoms with Gasteiger partial charge in [-0.25, -0.2) is 0 Å². The molecule has 0 radical (unpaired) electrons. The molecule has 0 spiro atoms. The first-order valence-corrected chi connectivity index (χ1v) is 9.58. The molecule has 0 unspecified atom stereocenters. The van der Waals surface area contributed by atoms with Gasteiger partial charge in [-0.2, -0.15) is 4.98 Å². The van der Waals surface area contributed by atoms with Crippen LogP contribution in [0.1, 0.15) is 34.7 Å². The standard InChI is InChI=1S/C19H18N4O3S/c24-17-4-1-9-23(17)12-13-5-7-14(8-6-13)19(25)20-11-16-21-18(22-26-16)15-3-2-10-27-15/h2-3,5-8,10H,1,4,9,11-12H2,(H,20,25). The fourth-order valence-corrected chi connectivity index (χ4v) is 3.59. The Kier molecular flexibility index (Phi) is 4.97. The number of carbonyl (C=O) groups is 2. The molecule has 1 aliphatic heterocycles. The summed E-state index contributed by atoms with van der Waals surface area (Å²) in [4.78, 5) is 31.0. The van der Waals surface area contributed by atoms with E-state index < -0.39 is 0 Å². The van der Waals surface area contributed by atoms with Crippen molar-refractivity contribution in [2.24, 2.45) is 0 Å². The second-order valence-electron chi connectivity index (χ2n) is 6.29. The van der Waals surface area contributed by atoms with Gasteiger partial charge in [0.2, 0.25) is 17.6 Å². The van der Waals surface area contributed by atoms with Gasteiger partial charge < -0.3 is 14.7 Å². The van der Waals surface area contributed by atoms with Gasteiger partial charge in [-0.3, -0.25) is 9.59 Å². The Morgan fingerprint density at radius 2 is 2.11 bits per heavy atom. The van der Waals surface area contributed by atoms with Crippen LogP contribution in [0.2, 0.25) is 0 Å². The first kappa shape index (κ1) is 17.4. The molecule has 2 aromatic heterocycles. The SMILES string of the molecule is O=C(NCc1nc(-c2cccs2)no1)c1ccc(CN2CCCC2=O)cc1. The lowest BCUT2D eigenvalue weighted by molar-refractivity contribution is -0.128. The van der Waals surface area contributed by atoms with Crippen LogP contribution >= 0.6 is 11.3 Å². The summed E-state index contributed by atoms with van der Waals surface area (Å²) in [6.45, 7) is 1.56. The highest BCUT2D eigenvalue weighted by atomic mass is 32.1. The lowest BCUT2D eigenvalue weighted by Gasteiger charge is -2.15. The Hall–Kier alpha value is -3.00. The van der Waals surface area contributed by atoms with E-state index in [2.05, 4.69) is 15.5 Å². The maximum atomic E-state index is 12.3. The molecule has 138 valence electrons. The van der Waals surface area contributed by atoms with Crippen LogP contribution in [0.15, 0.2) is 46.3 Å². The zero-order valence-electron chi connectivity index (χ0n) is 14.6. The summed E-state index contributed by atoms with van der Waals surface area (Å²) < 4.78 is 5.17. The average Bonchev–Trinajstić information content (AvgIpc) is 3.43. The highest BCUT2D eigenvalue weighted by molar-refractivity contribution is 7.13. The Bertz CT molecular complexity index is 934. The van der Waals surface area contributed by atoms with Crippen molar-refractivity contribution in [3.63, 3.8) is 0 Å². The molecule has 8 heteroatoms. The third-order valence-corrected chi connectivity index (χ3v) is 5.24. The minimum absolute atomic E-state index is 0.168. The molecule has 3 aromatic rings. The van der Waals surface area contributed by atoms with E-state index in [1.165, 1.54) is 11.3 Å². The molecule has 1 saturated heterocycles. The average molecular weight is 382 g/mol. The number of nitrogens with one attached hydrogen (secondary N) is 1. The molecule has 0 atom stereocenters. The molecule has 1 fully saturated rings. The fourth-order valence-electron chi connectivity index (χ4n) is 2.94. The summed E-state index contributed by atoms with van der Waals surface area (Å²) in [6.07, 6.45) is 1.55. The van der Waals surface area contributed by atoms with Gasteiger partial charge in [0.25, 0.3) is 5.91 Å². The second kappa shape index (κ2) is 7.71. The van der Waals surface area contributed by atoms with Crippen LogP contribution in [0, 0.1) is 0 Å². The number of hydrogen-bond donors (Lipinski definition) is 1. The summed E-state index contributed by atoms with van der Waals surface area (Å²) >= 11 is 1.53. The van der Waals surface area contributed by atoms with Crippen molar-refractivity contribution >= 4 is 23.2 Å². The van der Waals surface area contributed by atoms with Crippen molar-refractivity contribution in [3.05, 3.63) is 58.8 Å². The first-order valence-electron chi connectivity index (χ1n) is 8.70. The number of rotatable bonds is 6. The second-order valence-corrected chi connectivity index (χ2v) is 7.24. The molecular formula is C19H18N4O3S. The number of thiophene rings is 1. The maximum Gasteiger partial charge on any atom is 0.251 e. The van der Waals surface area contributed by atoms with E-state index in [-0.39, 0.29) is 18.4 Å². The zero-order valence-corrected chi connectivity index (χ0v) is 15.4. The van der Waals surface area contributed by atoms with E-state index in [1.807, 2.05) is 34.5 Å². The van der Waals surface area contributed by atoms with Crippen molar-refractivity contribution < 1.29 is 14.1 Å². The summed E-state index contributed by atoms with van der Waals surface area (Å²) in [6, 6.07) is 11.1. The predicted molar refractivity (Wildman–Crippen MR) is 99.9 cm³/mol. The van der Waals surface area contributed by atoms with E-state index in [0.717, 1.165) is 23.4 Å². The maximum absolute atomic E-state index is 12.3. The Morgan fingerprint density at radius 3 is 2.81 bits per heavy atom. The van der Waals surface area contributed by atoms with E-state index in [9.17, 15) is 9.59 Å². The van der Waals surface area contributed by atoms with Gasteiger partial charge in [0.05, 0.1) is 11.4 Å². The molecular weight excluding hydrogens is 364 g/mol. The van der Waals surface area contributed by atoms with Crippen molar-refractivity contribution in [1.82, 2.24) is 20.4 Å². The van der Waals surface area contributed by atoms with Crippen LogP contribution in [0.25, 0.3) is 10.7 Å². The molecule has 0 saturated carbocycles. The molecule has 1 aliphatic rings. The molecule has 0 bridgehead atoms. The van der Waals surface area contributed by atoms with Crippen LogP contribution in [0.3, 0.4) is 0 Å². The highest BCUT2D eigenvalue weighted by Crippen LogP contribution is 2.21. The third kappa shape index (κ3) is 4.06. The quantitative estimate of drug-likeness (QED) is 0.708. The topological polar surface area (TPSA) is 88.3 Å². The minimum atomic E-state index is -0.213. The van der Waals surface area contributed by atoms with Crippen molar-refractivity contribution in [2.45, 2.75) is 25.9 Å². The monoisotopic (exact) mass is 382 g/mol. The van der Waals surface area contributed by atoms with Crippen LogP contribution < -0.4 is 5.32 Å². The first-order chi connectivity index (χ1) is 13.2. The Morgan fingerprint density at radius 1 is 1.26 bits per heavy atom. The molecule has 27 heavy (non-hydrogen) atoms. The summed E-state index contributed by atoms with van der Waals surface area (Å²) in [7, 11) is 0. The number of likely N-dealkylation sites (tertiary alicyclic amines) is 1. The van der Waals surface area contributed by atoms with Gasteiger partial charge in [0.15, 0.2) is 0 Å². The Labute approximate surface area is 160 Å². The van der Waals surface area contributed by atoms with Crippen LogP contribution in [0.4, 0.5) is 0 Å². The molecule has 1 aromatic carbocycles. The minimum Gasteiger partial charge on any atom is -0.343 e. The van der Waals surface area contributed by atoms with E-state index in [1.54, 1.807) is 12.1 Å². The van der Waals surface area contributed by atoms with Crippen LogP contribution in [-0.2, 0) is 17.9 Å². The number of aromatic nitrogens is 2. The lowest BCUT2D eigenvalue weighted by Crippen LogP contribution is -2.24. The lowest BCUT2D eigenvalue weighted by atomic mass is 10.1. The van der Waals surface area contributed by atoms with Crippen molar-refractivity contribution in [3.8, 4) is 10.7 Å². The number of hydrogen-bond acceptors (Lipinski definition) is 6. The smallest absolute Gasteiger partial charge is 0.251 e. The molecule has 1 N–H and O–H groups in total. The summed E-state index contributed by atoms with van der Waals surface area (Å²) in [5.41, 5.74) is 1.56. The van der Waals surface area contributed by atoms with Gasteiger partial charge >= 0.3 is 0 Å². The van der Waals surface area contributed by atoms with Gasteiger partial charge in [-0.1, -0.05) is 23.4 Å². The number of carbonyl (C=O) groups excluding carboxylic acids is 2. The largest absolute Gasteiger partial charge is 0.343 e. The van der Waals surface area contributed by atoms with Crippen molar-refractivity contribution in [2.75, 3.05) is 6.54 Å². The Balaban J connectivity index is 1.32. The van der Waals surface area contributed by atoms with Gasteiger partial charge in [-0.05, 0) is 35.6 Å². The third-order valence-electron chi connectivity index (χ3n) is 4.37. The van der Waals surface area contributed by atoms with Crippen molar-refractivity contribution in [1.29, 1.82) is 0 Å². The van der Waals surface area contributed by atoms with E-state index in [0.29, 0.717) is 30.2 Å². The fraction of sp³-hybridized carbons (Fsp3) is 0.263. The molecule has 2 amide bonds. The van der Waals surface area contributed by atoms with Crippen LogP contribution in [0.5, 0.6) is 0 Å². The molecule has 3 heterocycles. The van der Waals surface area contributed by atoms with E-state index >= 15 is 0 Å². The van der Waals surface area contributed by atoms with E-state index in [4.69, 9.17) is 4.52 Å². The molecule has 4 rings (SSSR count). The molecule has 0 aliphatic carbocycles. The zero-order chi connectivity index (χ0) is 18.6. The number of benzene rings is 1. The normalized spacial score (nSPS) is 13.9. The molecule has 7 nitrogen and oxygen atoms in total. The predicted octanol–water partition coefficient (Wildman–Crippen LogP) is 2.85. The van der Waals surface area contributed by atoms with Gasteiger partial charge in [0, 0.05) is 25.1 Å². The number of nitrogens with zero attached hydrogens (tertiary/aromatic N) is 3. The number of amides is 2. The van der Waals surface area contributed by atoms with Gasteiger partial charge in [0.1, 0.15) is 0 Å². The summed E-state index contributed by atoms with van der Waals surface area (Å²) in [5.74, 6) is 0.860. The highest BCUT2D eigenvalue weighted by Gasteiger charge is 2.20.